The van der Waals surface area contributed by atoms with Crippen molar-refractivity contribution < 1.29 is 13.2 Å². The highest BCUT2D eigenvalue weighted by atomic mass is 32.2. The van der Waals surface area contributed by atoms with Crippen LogP contribution in [0.1, 0.15) is 29.9 Å². The Morgan fingerprint density at radius 3 is 2.63 bits per heavy atom. The molecule has 0 bridgehead atoms. The molecule has 1 saturated heterocycles. The summed E-state index contributed by atoms with van der Waals surface area (Å²) in [5.41, 5.74) is 2.39. The number of hydrogen-bond acceptors (Lipinski definition) is 5. The van der Waals surface area contributed by atoms with E-state index in [-0.39, 0.29) is 23.3 Å². The average Bonchev–Trinajstić information content (AvgIpc) is 3.14. The molecular weight excluding hydrogens is 368 g/mol. The number of rotatable bonds is 5. The Balaban J connectivity index is 1.67. The lowest BCUT2D eigenvalue weighted by Crippen LogP contribution is -2.45. The summed E-state index contributed by atoms with van der Waals surface area (Å²) in [6.45, 7) is 4.61. The molecule has 3 heterocycles. The first-order valence-electron chi connectivity index (χ1n) is 8.96. The van der Waals surface area contributed by atoms with Gasteiger partial charge in [0.1, 0.15) is 4.90 Å². The number of aryl methyl sites for hydroxylation is 3. The zero-order valence-corrected chi connectivity index (χ0v) is 17.0. The number of nitrogens with one attached hydrogen (secondary N) is 1. The molecule has 0 spiro atoms. The van der Waals surface area contributed by atoms with Crippen molar-refractivity contribution in [3.05, 3.63) is 29.3 Å². The molecule has 2 aromatic heterocycles. The quantitative estimate of drug-likeness (QED) is 0.795. The monoisotopic (exact) mass is 394 g/mol. The first kappa shape index (κ1) is 19.6. The zero-order chi connectivity index (χ0) is 19.8. The maximum absolute atomic E-state index is 12.9. The van der Waals surface area contributed by atoms with E-state index in [1.807, 2.05) is 20.0 Å². The number of amides is 1. The van der Waals surface area contributed by atoms with Crippen molar-refractivity contribution in [2.75, 3.05) is 13.1 Å². The van der Waals surface area contributed by atoms with E-state index < -0.39 is 10.0 Å². The van der Waals surface area contributed by atoms with Crippen molar-refractivity contribution >= 4 is 15.9 Å². The van der Waals surface area contributed by atoms with Crippen molar-refractivity contribution in [1.82, 2.24) is 29.2 Å². The predicted molar refractivity (Wildman–Crippen MR) is 99.2 cm³/mol. The Morgan fingerprint density at radius 1 is 1.30 bits per heavy atom. The van der Waals surface area contributed by atoms with Crippen LogP contribution in [0, 0.1) is 19.8 Å². The van der Waals surface area contributed by atoms with Crippen molar-refractivity contribution in [1.29, 1.82) is 0 Å². The summed E-state index contributed by atoms with van der Waals surface area (Å²) >= 11 is 0. The summed E-state index contributed by atoms with van der Waals surface area (Å²) in [5.74, 6) is -0.489. The Labute approximate surface area is 159 Å². The molecule has 3 rings (SSSR count). The minimum atomic E-state index is -3.65. The van der Waals surface area contributed by atoms with Crippen molar-refractivity contribution in [3.8, 4) is 0 Å². The summed E-state index contributed by atoms with van der Waals surface area (Å²) in [6.07, 6.45) is 2.70. The van der Waals surface area contributed by atoms with Gasteiger partial charge in [0, 0.05) is 27.2 Å². The molecule has 1 N–H and O–H groups in total. The highest BCUT2D eigenvalue weighted by Gasteiger charge is 2.34. The third-order valence-corrected chi connectivity index (χ3v) is 7.07. The lowest BCUT2D eigenvalue weighted by atomic mass is 9.99. The molecule has 0 radical (unpaired) electrons. The number of aromatic nitrogens is 4. The first-order valence-corrected chi connectivity index (χ1v) is 10.4. The lowest BCUT2D eigenvalue weighted by Gasteiger charge is -2.31. The third-order valence-electron chi connectivity index (χ3n) is 5.11. The number of hydrogen-bond donors (Lipinski definition) is 1. The van der Waals surface area contributed by atoms with Crippen LogP contribution in [0.3, 0.4) is 0 Å². The van der Waals surface area contributed by atoms with E-state index in [0.717, 1.165) is 11.4 Å². The van der Waals surface area contributed by atoms with E-state index in [2.05, 4.69) is 15.5 Å². The van der Waals surface area contributed by atoms with E-state index in [1.165, 1.54) is 15.2 Å². The largest absolute Gasteiger partial charge is 0.350 e. The summed E-state index contributed by atoms with van der Waals surface area (Å²) in [7, 11) is -0.111. The number of sulfonamides is 1. The third kappa shape index (κ3) is 3.91. The molecule has 9 nitrogen and oxygen atoms in total. The van der Waals surface area contributed by atoms with Crippen molar-refractivity contribution in [3.63, 3.8) is 0 Å². The summed E-state index contributed by atoms with van der Waals surface area (Å²) in [5, 5.41) is 11.2. The molecule has 1 atom stereocenters. The molecule has 1 aliphatic rings. The second kappa shape index (κ2) is 7.43. The lowest BCUT2D eigenvalue weighted by molar-refractivity contribution is -0.126. The minimum Gasteiger partial charge on any atom is -0.350 e. The maximum Gasteiger partial charge on any atom is 0.246 e. The molecule has 1 aliphatic heterocycles. The van der Waals surface area contributed by atoms with Crippen molar-refractivity contribution in [2.45, 2.75) is 38.1 Å². The number of nitrogens with zero attached hydrogens (tertiary/aromatic N) is 5. The van der Waals surface area contributed by atoms with E-state index >= 15 is 0 Å². The zero-order valence-electron chi connectivity index (χ0n) is 16.1. The average molecular weight is 395 g/mol. The van der Waals surface area contributed by atoms with Crippen LogP contribution in [-0.4, -0.2) is 51.3 Å². The Hall–Kier alpha value is -2.20. The van der Waals surface area contributed by atoms with Crippen molar-refractivity contribution in [2.24, 2.45) is 20.0 Å². The van der Waals surface area contributed by atoms with Gasteiger partial charge in [-0.3, -0.25) is 14.2 Å². The van der Waals surface area contributed by atoms with Gasteiger partial charge in [0.2, 0.25) is 15.9 Å². The van der Waals surface area contributed by atoms with Gasteiger partial charge < -0.3 is 5.32 Å². The highest BCUT2D eigenvalue weighted by molar-refractivity contribution is 7.89. The van der Waals surface area contributed by atoms with Gasteiger partial charge in [-0.15, -0.1) is 0 Å². The van der Waals surface area contributed by atoms with Gasteiger partial charge in [0.05, 0.1) is 35.7 Å². The molecule has 148 valence electrons. The second-order valence-corrected chi connectivity index (χ2v) is 8.94. The number of piperidine rings is 1. The maximum atomic E-state index is 12.9. The standard InChI is InChI=1S/C17H26N6O3S/c1-12-8-15(22(4)20-12)9-18-17(24)14-6-5-7-23(11-14)27(25,26)16-10-19-21(3)13(16)2/h8,10,14H,5-7,9,11H2,1-4H3,(H,18,24)/t14-/m0/s1. The van der Waals surface area contributed by atoms with Crippen LogP contribution in [0.4, 0.5) is 0 Å². The van der Waals surface area contributed by atoms with Crippen LogP contribution in [0.2, 0.25) is 0 Å². The molecule has 0 aliphatic carbocycles. The summed E-state index contributed by atoms with van der Waals surface area (Å²) < 4.78 is 30.6. The molecule has 10 heteroatoms. The van der Waals surface area contributed by atoms with Crippen LogP contribution in [0.25, 0.3) is 0 Å². The van der Waals surface area contributed by atoms with Crippen LogP contribution in [-0.2, 0) is 35.5 Å². The van der Waals surface area contributed by atoms with Gasteiger partial charge in [-0.05, 0) is 32.8 Å². The Kier molecular flexibility index (Phi) is 5.38. The fraction of sp³-hybridized carbons (Fsp3) is 0.588. The van der Waals surface area contributed by atoms with E-state index in [9.17, 15) is 13.2 Å². The smallest absolute Gasteiger partial charge is 0.246 e. The van der Waals surface area contributed by atoms with Crippen LogP contribution in [0.5, 0.6) is 0 Å². The molecular formula is C17H26N6O3S. The molecule has 0 saturated carbocycles. The fourth-order valence-corrected chi connectivity index (χ4v) is 5.11. The minimum absolute atomic E-state index is 0.128. The topological polar surface area (TPSA) is 102 Å². The van der Waals surface area contributed by atoms with E-state index in [4.69, 9.17) is 0 Å². The van der Waals surface area contributed by atoms with Gasteiger partial charge in [0.25, 0.3) is 0 Å². The summed E-state index contributed by atoms with van der Waals surface area (Å²) in [6, 6.07) is 1.92. The number of carbonyl (C=O) groups excluding carboxylic acids is 1. The molecule has 27 heavy (non-hydrogen) atoms. The molecule has 0 aromatic carbocycles. The second-order valence-electron chi connectivity index (χ2n) is 7.04. The van der Waals surface area contributed by atoms with Gasteiger partial charge in [-0.25, -0.2) is 8.42 Å². The SMILES string of the molecule is Cc1cc(CNC(=O)[C@H]2CCCN(S(=O)(=O)c3cnn(C)c3C)C2)n(C)n1. The molecule has 2 aromatic rings. The van der Waals surface area contributed by atoms with E-state index in [0.29, 0.717) is 31.6 Å². The van der Waals surface area contributed by atoms with Gasteiger partial charge in [-0.1, -0.05) is 0 Å². The Bertz CT molecular complexity index is 946. The van der Waals surface area contributed by atoms with Crippen LogP contribution in [0.15, 0.2) is 17.2 Å². The van der Waals surface area contributed by atoms with Crippen LogP contribution < -0.4 is 5.32 Å². The molecule has 1 amide bonds. The normalized spacial score (nSPS) is 18.6. The first-order chi connectivity index (χ1) is 12.7. The summed E-state index contributed by atoms with van der Waals surface area (Å²) in [4.78, 5) is 12.8. The molecule has 0 unspecified atom stereocenters. The van der Waals surface area contributed by atoms with Gasteiger partial charge in [0.15, 0.2) is 0 Å². The van der Waals surface area contributed by atoms with Gasteiger partial charge >= 0.3 is 0 Å². The van der Waals surface area contributed by atoms with Gasteiger partial charge in [-0.2, -0.15) is 14.5 Å². The predicted octanol–water partition coefficient (Wildman–Crippen LogP) is 0.488. The highest BCUT2D eigenvalue weighted by Crippen LogP contribution is 2.25. The molecule has 1 fully saturated rings. The number of carbonyl (C=O) groups is 1. The Morgan fingerprint density at radius 2 is 2.04 bits per heavy atom. The fourth-order valence-electron chi connectivity index (χ4n) is 3.40. The van der Waals surface area contributed by atoms with Crippen LogP contribution >= 0.6 is 0 Å². The van der Waals surface area contributed by atoms with E-state index in [1.54, 1.807) is 18.7 Å².